The van der Waals surface area contributed by atoms with Crippen molar-refractivity contribution in [3.05, 3.63) is 30.1 Å². The molecule has 0 aliphatic carbocycles. The van der Waals surface area contributed by atoms with E-state index in [1.165, 1.54) is 18.7 Å². The third-order valence-electron chi connectivity index (χ3n) is 5.17. The number of hydrogen-bond acceptors (Lipinski definition) is 3. The first kappa shape index (κ1) is 14.8. The fourth-order valence-electron chi connectivity index (χ4n) is 3.86. The van der Waals surface area contributed by atoms with Crippen molar-refractivity contribution in [3.63, 3.8) is 0 Å². The lowest BCUT2D eigenvalue weighted by Crippen LogP contribution is -2.45. The van der Waals surface area contributed by atoms with Gasteiger partial charge < -0.3 is 10.1 Å². The van der Waals surface area contributed by atoms with E-state index >= 15 is 0 Å². The molecule has 0 saturated carbocycles. The van der Waals surface area contributed by atoms with Crippen molar-refractivity contribution in [2.24, 2.45) is 11.8 Å². The van der Waals surface area contributed by atoms with Gasteiger partial charge in [-0.05, 0) is 62.9 Å². The third kappa shape index (κ3) is 3.06. The van der Waals surface area contributed by atoms with Crippen LogP contribution in [0.2, 0.25) is 0 Å². The number of benzene rings is 1. The van der Waals surface area contributed by atoms with Gasteiger partial charge in [-0.25, -0.2) is 4.39 Å². The molecule has 1 N–H and O–H groups in total. The number of nitrogens with zero attached hydrogens (tertiary/aromatic N) is 1. The molecule has 3 rings (SSSR count). The Balaban J connectivity index is 1.44. The predicted molar refractivity (Wildman–Crippen MR) is 82.0 cm³/mol. The second kappa shape index (κ2) is 5.93. The molecule has 2 atom stereocenters. The first-order valence-corrected chi connectivity index (χ1v) is 7.91. The molecule has 2 unspecified atom stereocenters. The van der Waals surface area contributed by atoms with Crippen LogP contribution in [0.15, 0.2) is 24.3 Å². The minimum atomic E-state index is -0.221. The summed E-state index contributed by atoms with van der Waals surface area (Å²) >= 11 is 0. The molecule has 116 valence electrons. The molecule has 0 aromatic heterocycles. The Morgan fingerprint density at radius 3 is 2.76 bits per heavy atom. The monoisotopic (exact) mass is 292 g/mol. The van der Waals surface area contributed by atoms with Gasteiger partial charge in [0.15, 0.2) is 0 Å². The number of ether oxygens (including phenoxy) is 1. The number of nitrogens with one attached hydrogen (secondary N) is 1. The van der Waals surface area contributed by atoms with Gasteiger partial charge in [0.1, 0.15) is 11.6 Å². The summed E-state index contributed by atoms with van der Waals surface area (Å²) in [4.78, 5) is 2.61. The van der Waals surface area contributed by atoms with E-state index in [0.29, 0.717) is 6.61 Å². The molecule has 2 fully saturated rings. The molecule has 2 saturated heterocycles. The van der Waals surface area contributed by atoms with Gasteiger partial charge >= 0.3 is 0 Å². The summed E-state index contributed by atoms with van der Waals surface area (Å²) < 4.78 is 18.5. The SMILES string of the molecule is CC1(C)C2CNCC2CN1CCCOc1ccc(F)cc1. The Kier molecular flexibility index (Phi) is 4.18. The standard InChI is InChI=1S/C17H25FN2O/c1-17(2)16-11-19-10-13(16)12-20(17)8-3-9-21-15-6-4-14(18)5-7-15/h4-7,13,16,19H,3,8-12H2,1-2H3. The molecule has 3 nitrogen and oxygen atoms in total. The summed E-state index contributed by atoms with van der Waals surface area (Å²) in [6.45, 7) is 10.0. The van der Waals surface area contributed by atoms with Gasteiger partial charge in [0, 0.05) is 25.2 Å². The van der Waals surface area contributed by atoms with Crippen LogP contribution >= 0.6 is 0 Å². The van der Waals surface area contributed by atoms with Crippen molar-refractivity contribution in [1.82, 2.24) is 10.2 Å². The van der Waals surface area contributed by atoms with E-state index in [0.717, 1.165) is 43.6 Å². The zero-order chi connectivity index (χ0) is 14.9. The Morgan fingerprint density at radius 1 is 1.29 bits per heavy atom. The van der Waals surface area contributed by atoms with Gasteiger partial charge in [-0.1, -0.05) is 0 Å². The number of halogens is 1. The summed E-state index contributed by atoms with van der Waals surface area (Å²) in [6, 6.07) is 6.25. The number of likely N-dealkylation sites (tertiary alicyclic amines) is 1. The molecular weight excluding hydrogens is 267 g/mol. The molecule has 1 aromatic carbocycles. The Bertz CT molecular complexity index is 474. The Hall–Kier alpha value is -1.13. The minimum Gasteiger partial charge on any atom is -0.494 e. The Morgan fingerprint density at radius 2 is 2.05 bits per heavy atom. The highest BCUT2D eigenvalue weighted by Gasteiger charge is 2.48. The van der Waals surface area contributed by atoms with Crippen molar-refractivity contribution in [2.75, 3.05) is 32.8 Å². The third-order valence-corrected chi connectivity index (χ3v) is 5.17. The van der Waals surface area contributed by atoms with Crippen LogP contribution in [0.4, 0.5) is 4.39 Å². The highest BCUT2D eigenvalue weighted by atomic mass is 19.1. The second-order valence-corrected chi connectivity index (χ2v) is 6.78. The molecule has 0 spiro atoms. The van der Waals surface area contributed by atoms with Crippen molar-refractivity contribution in [3.8, 4) is 5.75 Å². The maximum Gasteiger partial charge on any atom is 0.123 e. The molecule has 2 heterocycles. The number of rotatable bonds is 5. The summed E-state index contributed by atoms with van der Waals surface area (Å²) in [5, 5.41) is 3.51. The van der Waals surface area contributed by atoms with Crippen LogP contribution in [-0.4, -0.2) is 43.2 Å². The molecule has 0 radical (unpaired) electrons. The summed E-state index contributed by atoms with van der Waals surface area (Å²) in [6.07, 6.45) is 1.01. The average Bonchev–Trinajstić information content (AvgIpc) is 3.00. The quantitative estimate of drug-likeness (QED) is 0.844. The highest BCUT2D eigenvalue weighted by Crippen LogP contribution is 2.40. The zero-order valence-electron chi connectivity index (χ0n) is 12.9. The van der Waals surface area contributed by atoms with Gasteiger partial charge in [0.05, 0.1) is 6.61 Å². The van der Waals surface area contributed by atoms with Gasteiger partial charge in [-0.3, -0.25) is 4.90 Å². The van der Waals surface area contributed by atoms with Gasteiger partial charge in [-0.15, -0.1) is 0 Å². The van der Waals surface area contributed by atoms with E-state index in [4.69, 9.17) is 4.74 Å². The van der Waals surface area contributed by atoms with Crippen LogP contribution in [0, 0.1) is 17.7 Å². The Labute approximate surface area is 126 Å². The predicted octanol–water partition coefficient (Wildman–Crippen LogP) is 2.52. The highest BCUT2D eigenvalue weighted by molar-refractivity contribution is 5.21. The van der Waals surface area contributed by atoms with E-state index in [1.807, 2.05) is 0 Å². The van der Waals surface area contributed by atoms with Crippen molar-refractivity contribution >= 4 is 0 Å². The summed E-state index contributed by atoms with van der Waals surface area (Å²) in [5.41, 5.74) is 0.282. The molecule has 0 bridgehead atoms. The largest absolute Gasteiger partial charge is 0.494 e. The van der Waals surface area contributed by atoms with Crippen LogP contribution in [0.25, 0.3) is 0 Å². The normalized spacial score (nSPS) is 27.8. The second-order valence-electron chi connectivity index (χ2n) is 6.78. The number of fused-ring (bicyclic) bond motifs is 1. The number of hydrogen-bond donors (Lipinski definition) is 1. The van der Waals surface area contributed by atoms with Crippen molar-refractivity contribution in [2.45, 2.75) is 25.8 Å². The average molecular weight is 292 g/mol. The van der Waals surface area contributed by atoms with E-state index in [9.17, 15) is 4.39 Å². The molecule has 2 aliphatic heterocycles. The molecule has 0 amide bonds. The fraction of sp³-hybridized carbons (Fsp3) is 0.647. The van der Waals surface area contributed by atoms with Crippen molar-refractivity contribution in [1.29, 1.82) is 0 Å². The maximum absolute atomic E-state index is 12.8. The zero-order valence-corrected chi connectivity index (χ0v) is 12.9. The fourth-order valence-corrected chi connectivity index (χ4v) is 3.86. The lowest BCUT2D eigenvalue weighted by molar-refractivity contribution is 0.130. The van der Waals surface area contributed by atoms with E-state index in [1.54, 1.807) is 12.1 Å². The molecule has 21 heavy (non-hydrogen) atoms. The van der Waals surface area contributed by atoms with Crippen LogP contribution in [-0.2, 0) is 0 Å². The molecular formula is C17H25FN2O. The maximum atomic E-state index is 12.8. The van der Waals surface area contributed by atoms with Gasteiger partial charge in [0.2, 0.25) is 0 Å². The first-order chi connectivity index (χ1) is 10.1. The van der Waals surface area contributed by atoms with Crippen LogP contribution < -0.4 is 10.1 Å². The summed E-state index contributed by atoms with van der Waals surface area (Å²) in [7, 11) is 0. The van der Waals surface area contributed by atoms with Crippen LogP contribution in [0.5, 0.6) is 5.75 Å². The lowest BCUT2D eigenvalue weighted by Gasteiger charge is -2.35. The van der Waals surface area contributed by atoms with Gasteiger partial charge in [-0.2, -0.15) is 0 Å². The van der Waals surface area contributed by atoms with E-state index in [-0.39, 0.29) is 11.4 Å². The smallest absolute Gasteiger partial charge is 0.123 e. The van der Waals surface area contributed by atoms with Gasteiger partial charge in [0.25, 0.3) is 0 Å². The first-order valence-electron chi connectivity index (χ1n) is 7.91. The van der Waals surface area contributed by atoms with E-state index < -0.39 is 0 Å². The van der Waals surface area contributed by atoms with Crippen LogP contribution in [0.3, 0.4) is 0 Å². The van der Waals surface area contributed by atoms with Crippen molar-refractivity contribution < 1.29 is 9.13 Å². The van der Waals surface area contributed by atoms with Crippen LogP contribution in [0.1, 0.15) is 20.3 Å². The molecule has 2 aliphatic rings. The topological polar surface area (TPSA) is 24.5 Å². The summed E-state index contributed by atoms with van der Waals surface area (Å²) in [5.74, 6) is 2.10. The van der Waals surface area contributed by atoms with E-state index in [2.05, 4.69) is 24.1 Å². The lowest BCUT2D eigenvalue weighted by atomic mass is 9.85. The molecule has 1 aromatic rings. The minimum absolute atomic E-state index is 0.221. The molecule has 4 heteroatoms.